The number of aromatic nitrogens is 2. The molecule has 2 aromatic heterocycles. The molecule has 4 heteroatoms. The minimum atomic E-state index is 0.795. The van der Waals surface area contributed by atoms with E-state index in [-0.39, 0.29) is 0 Å². The third-order valence-electron chi connectivity index (χ3n) is 2.33. The standard InChI is InChI=1S/C11H15N3O/c1-8-5-10(9(2)15-8)6-12-7-11-3-4-13-14-11/h3-5,12H,6-7H2,1-2H3,(H,13,14). The fraction of sp³-hybridized carbons (Fsp3) is 0.364. The molecule has 0 fully saturated rings. The number of aryl methyl sites for hydroxylation is 2. The smallest absolute Gasteiger partial charge is 0.105 e. The van der Waals surface area contributed by atoms with Crippen LogP contribution in [0.15, 0.2) is 22.7 Å². The summed E-state index contributed by atoms with van der Waals surface area (Å²) < 4.78 is 5.44. The van der Waals surface area contributed by atoms with E-state index in [1.54, 1.807) is 6.20 Å². The molecule has 2 aromatic rings. The van der Waals surface area contributed by atoms with Crippen LogP contribution in [-0.2, 0) is 13.1 Å². The van der Waals surface area contributed by atoms with Crippen LogP contribution in [0.3, 0.4) is 0 Å². The van der Waals surface area contributed by atoms with Crippen LogP contribution in [0.1, 0.15) is 22.8 Å². The first-order valence-corrected chi connectivity index (χ1v) is 5.00. The van der Waals surface area contributed by atoms with E-state index in [1.807, 2.05) is 19.9 Å². The van der Waals surface area contributed by atoms with Crippen molar-refractivity contribution in [1.29, 1.82) is 0 Å². The van der Waals surface area contributed by atoms with Crippen molar-refractivity contribution in [2.45, 2.75) is 26.9 Å². The molecule has 0 atom stereocenters. The highest BCUT2D eigenvalue weighted by Crippen LogP contribution is 2.13. The molecule has 4 nitrogen and oxygen atoms in total. The average molecular weight is 205 g/mol. The van der Waals surface area contributed by atoms with Crippen LogP contribution in [-0.4, -0.2) is 10.2 Å². The van der Waals surface area contributed by atoms with Crippen LogP contribution in [0.5, 0.6) is 0 Å². The summed E-state index contributed by atoms with van der Waals surface area (Å²) in [6.45, 7) is 5.57. The maximum atomic E-state index is 5.44. The van der Waals surface area contributed by atoms with Crippen molar-refractivity contribution in [2.24, 2.45) is 0 Å². The number of nitrogens with one attached hydrogen (secondary N) is 2. The van der Waals surface area contributed by atoms with Crippen molar-refractivity contribution >= 4 is 0 Å². The molecule has 0 aliphatic carbocycles. The molecular formula is C11H15N3O. The van der Waals surface area contributed by atoms with E-state index in [2.05, 4.69) is 21.6 Å². The molecule has 0 bridgehead atoms. The quantitative estimate of drug-likeness (QED) is 0.801. The predicted octanol–water partition coefficient (Wildman–Crippen LogP) is 1.91. The second kappa shape index (κ2) is 4.31. The molecule has 0 aromatic carbocycles. The number of furan rings is 1. The Morgan fingerprint density at radius 2 is 2.27 bits per heavy atom. The van der Waals surface area contributed by atoms with Gasteiger partial charge in [0.05, 0.1) is 0 Å². The highest BCUT2D eigenvalue weighted by Gasteiger charge is 2.03. The fourth-order valence-corrected chi connectivity index (χ4v) is 1.57. The lowest BCUT2D eigenvalue weighted by Gasteiger charge is -2.01. The van der Waals surface area contributed by atoms with Crippen molar-refractivity contribution in [3.05, 3.63) is 41.1 Å². The Morgan fingerprint density at radius 3 is 2.87 bits per heavy atom. The zero-order valence-electron chi connectivity index (χ0n) is 9.00. The molecule has 15 heavy (non-hydrogen) atoms. The highest BCUT2D eigenvalue weighted by molar-refractivity contribution is 5.19. The van der Waals surface area contributed by atoms with Crippen LogP contribution in [0, 0.1) is 13.8 Å². The molecular weight excluding hydrogens is 190 g/mol. The zero-order chi connectivity index (χ0) is 10.7. The third kappa shape index (κ3) is 2.47. The van der Waals surface area contributed by atoms with Gasteiger partial charge in [0.25, 0.3) is 0 Å². The summed E-state index contributed by atoms with van der Waals surface area (Å²) in [5, 5.41) is 10.1. The number of rotatable bonds is 4. The Hall–Kier alpha value is -1.55. The largest absolute Gasteiger partial charge is 0.466 e. The first-order chi connectivity index (χ1) is 7.25. The molecule has 2 N–H and O–H groups in total. The van der Waals surface area contributed by atoms with Crippen LogP contribution in [0.4, 0.5) is 0 Å². The summed E-state index contributed by atoms with van der Waals surface area (Å²) in [6, 6.07) is 4.02. The van der Waals surface area contributed by atoms with Gasteiger partial charge in [-0.25, -0.2) is 0 Å². The lowest BCUT2D eigenvalue weighted by atomic mass is 10.2. The number of hydrogen-bond acceptors (Lipinski definition) is 3. The average Bonchev–Trinajstić information content (AvgIpc) is 2.77. The molecule has 0 saturated carbocycles. The summed E-state index contributed by atoms with van der Waals surface area (Å²) in [4.78, 5) is 0. The summed E-state index contributed by atoms with van der Waals surface area (Å²) in [7, 11) is 0. The van der Waals surface area contributed by atoms with Crippen molar-refractivity contribution in [2.75, 3.05) is 0 Å². The number of hydrogen-bond donors (Lipinski definition) is 2. The fourth-order valence-electron chi connectivity index (χ4n) is 1.57. The van der Waals surface area contributed by atoms with Gasteiger partial charge in [-0.15, -0.1) is 0 Å². The van der Waals surface area contributed by atoms with Gasteiger partial charge in [-0.3, -0.25) is 5.10 Å². The van der Waals surface area contributed by atoms with Crippen molar-refractivity contribution in [3.8, 4) is 0 Å². The van der Waals surface area contributed by atoms with E-state index < -0.39 is 0 Å². The van der Waals surface area contributed by atoms with E-state index in [4.69, 9.17) is 4.42 Å². The van der Waals surface area contributed by atoms with Crippen molar-refractivity contribution in [3.63, 3.8) is 0 Å². The second-order valence-electron chi connectivity index (χ2n) is 3.62. The van der Waals surface area contributed by atoms with E-state index in [1.165, 1.54) is 5.56 Å². The van der Waals surface area contributed by atoms with Gasteiger partial charge in [-0.1, -0.05) is 0 Å². The SMILES string of the molecule is Cc1cc(CNCc2ccn[nH]2)c(C)o1. The van der Waals surface area contributed by atoms with Crippen LogP contribution in [0.2, 0.25) is 0 Å². The lowest BCUT2D eigenvalue weighted by molar-refractivity contribution is 0.499. The minimum absolute atomic E-state index is 0.795. The van der Waals surface area contributed by atoms with Gasteiger partial charge in [0.2, 0.25) is 0 Å². The molecule has 2 heterocycles. The van der Waals surface area contributed by atoms with Crippen LogP contribution < -0.4 is 5.32 Å². The Kier molecular flexibility index (Phi) is 2.87. The molecule has 80 valence electrons. The molecule has 0 aliphatic rings. The van der Waals surface area contributed by atoms with Gasteiger partial charge in [0, 0.05) is 30.5 Å². The Bertz CT molecular complexity index is 417. The molecule has 0 spiro atoms. The third-order valence-corrected chi connectivity index (χ3v) is 2.33. The van der Waals surface area contributed by atoms with E-state index in [0.717, 1.165) is 30.3 Å². The van der Waals surface area contributed by atoms with Crippen LogP contribution >= 0.6 is 0 Å². The molecule has 0 radical (unpaired) electrons. The van der Waals surface area contributed by atoms with Gasteiger partial charge in [0.15, 0.2) is 0 Å². The number of aromatic amines is 1. The van der Waals surface area contributed by atoms with Crippen molar-refractivity contribution in [1.82, 2.24) is 15.5 Å². The monoisotopic (exact) mass is 205 g/mol. The Balaban J connectivity index is 1.86. The van der Waals surface area contributed by atoms with Gasteiger partial charge >= 0.3 is 0 Å². The first-order valence-electron chi connectivity index (χ1n) is 5.00. The Morgan fingerprint density at radius 1 is 1.40 bits per heavy atom. The molecule has 0 aliphatic heterocycles. The van der Waals surface area contributed by atoms with Gasteiger partial charge in [0.1, 0.15) is 11.5 Å². The first kappa shape index (κ1) is 9.98. The van der Waals surface area contributed by atoms with Crippen molar-refractivity contribution < 1.29 is 4.42 Å². The van der Waals surface area contributed by atoms with E-state index in [0.29, 0.717) is 0 Å². The normalized spacial score (nSPS) is 10.8. The number of nitrogens with zero attached hydrogens (tertiary/aromatic N) is 1. The van der Waals surface area contributed by atoms with Crippen LogP contribution in [0.25, 0.3) is 0 Å². The molecule has 0 unspecified atom stereocenters. The maximum Gasteiger partial charge on any atom is 0.105 e. The summed E-state index contributed by atoms with van der Waals surface area (Å²) in [5.74, 6) is 1.95. The van der Waals surface area contributed by atoms with Gasteiger partial charge in [-0.2, -0.15) is 5.10 Å². The Labute approximate surface area is 88.7 Å². The van der Waals surface area contributed by atoms with E-state index in [9.17, 15) is 0 Å². The zero-order valence-corrected chi connectivity index (χ0v) is 9.00. The van der Waals surface area contributed by atoms with Gasteiger partial charge in [-0.05, 0) is 26.0 Å². The molecule has 2 rings (SSSR count). The summed E-state index contributed by atoms with van der Waals surface area (Å²) >= 11 is 0. The lowest BCUT2D eigenvalue weighted by Crippen LogP contribution is -2.13. The molecule has 0 saturated heterocycles. The minimum Gasteiger partial charge on any atom is -0.466 e. The number of H-pyrrole nitrogens is 1. The molecule has 0 amide bonds. The van der Waals surface area contributed by atoms with Gasteiger partial charge < -0.3 is 9.73 Å². The topological polar surface area (TPSA) is 53.9 Å². The highest BCUT2D eigenvalue weighted by atomic mass is 16.3. The van der Waals surface area contributed by atoms with E-state index >= 15 is 0 Å². The summed E-state index contributed by atoms with van der Waals surface area (Å²) in [5.41, 5.74) is 2.31. The maximum absolute atomic E-state index is 5.44. The second-order valence-corrected chi connectivity index (χ2v) is 3.62. The predicted molar refractivity (Wildman–Crippen MR) is 57.3 cm³/mol. The summed E-state index contributed by atoms with van der Waals surface area (Å²) in [6.07, 6.45) is 1.75.